The number of hydrogen-bond donors (Lipinski definition) is 2. The summed E-state index contributed by atoms with van der Waals surface area (Å²) in [5.41, 5.74) is 5.33. The molecule has 0 saturated heterocycles. The lowest BCUT2D eigenvalue weighted by Crippen LogP contribution is -1.99. The second-order valence-corrected chi connectivity index (χ2v) is 3.32. The highest BCUT2D eigenvalue weighted by Gasteiger charge is 2.15. The Balaban J connectivity index is 3.13. The summed E-state index contributed by atoms with van der Waals surface area (Å²) in [6.45, 7) is 0.456. The van der Waals surface area contributed by atoms with E-state index in [0.29, 0.717) is 18.5 Å². The van der Waals surface area contributed by atoms with Crippen LogP contribution in [0.25, 0.3) is 6.08 Å². The highest BCUT2D eigenvalue weighted by Crippen LogP contribution is 2.21. The van der Waals surface area contributed by atoms with Gasteiger partial charge >= 0.3 is 5.97 Å². The topological polar surface area (TPSA) is 106 Å². The van der Waals surface area contributed by atoms with E-state index in [1.165, 1.54) is 12.1 Å². The second kappa shape index (κ2) is 5.76. The van der Waals surface area contributed by atoms with Crippen molar-refractivity contribution >= 4 is 17.7 Å². The van der Waals surface area contributed by atoms with E-state index in [9.17, 15) is 14.9 Å². The van der Waals surface area contributed by atoms with Gasteiger partial charge in [0.2, 0.25) is 0 Å². The first-order valence-electron chi connectivity index (χ1n) is 4.94. The summed E-state index contributed by atoms with van der Waals surface area (Å²) >= 11 is 0. The number of benzene rings is 1. The van der Waals surface area contributed by atoms with Crippen molar-refractivity contribution in [2.45, 2.75) is 6.42 Å². The van der Waals surface area contributed by atoms with Crippen LogP contribution in [0.15, 0.2) is 24.3 Å². The molecule has 17 heavy (non-hydrogen) atoms. The Morgan fingerprint density at radius 1 is 1.53 bits per heavy atom. The quantitative estimate of drug-likeness (QED) is 0.597. The van der Waals surface area contributed by atoms with E-state index >= 15 is 0 Å². The summed E-state index contributed by atoms with van der Waals surface area (Å²) in [4.78, 5) is 20.9. The van der Waals surface area contributed by atoms with Gasteiger partial charge in [0.05, 0.1) is 16.1 Å². The summed E-state index contributed by atoms with van der Waals surface area (Å²) in [7, 11) is 0. The zero-order valence-electron chi connectivity index (χ0n) is 9.00. The molecule has 0 radical (unpaired) electrons. The number of carboxylic acids is 1. The lowest BCUT2D eigenvalue weighted by atomic mass is 10.1. The van der Waals surface area contributed by atoms with Crippen LogP contribution in [0.3, 0.4) is 0 Å². The van der Waals surface area contributed by atoms with Gasteiger partial charge in [0.25, 0.3) is 5.69 Å². The second-order valence-electron chi connectivity index (χ2n) is 3.32. The minimum absolute atomic E-state index is 0.104. The van der Waals surface area contributed by atoms with E-state index in [1.807, 2.05) is 0 Å². The highest BCUT2D eigenvalue weighted by molar-refractivity contribution is 5.89. The molecular weight excluding hydrogens is 224 g/mol. The molecule has 0 amide bonds. The first-order valence-corrected chi connectivity index (χ1v) is 4.94. The number of aromatic carboxylic acids is 1. The monoisotopic (exact) mass is 236 g/mol. The fourth-order valence-electron chi connectivity index (χ4n) is 1.28. The van der Waals surface area contributed by atoms with E-state index in [4.69, 9.17) is 10.8 Å². The molecule has 1 rings (SSSR count). The van der Waals surface area contributed by atoms with Crippen molar-refractivity contribution in [2.75, 3.05) is 6.54 Å². The summed E-state index contributed by atoms with van der Waals surface area (Å²) < 4.78 is 0. The summed E-state index contributed by atoms with van der Waals surface area (Å²) in [6, 6.07) is 3.79. The van der Waals surface area contributed by atoms with Crippen LogP contribution >= 0.6 is 0 Å². The number of nitro groups is 1. The van der Waals surface area contributed by atoms with Gasteiger partial charge in [-0.2, -0.15) is 0 Å². The summed E-state index contributed by atoms with van der Waals surface area (Å²) in [5, 5.41) is 19.5. The van der Waals surface area contributed by atoms with E-state index < -0.39 is 10.9 Å². The van der Waals surface area contributed by atoms with Crippen LogP contribution in [-0.2, 0) is 0 Å². The van der Waals surface area contributed by atoms with Crippen molar-refractivity contribution in [1.82, 2.24) is 0 Å². The zero-order valence-corrected chi connectivity index (χ0v) is 9.00. The van der Waals surface area contributed by atoms with Gasteiger partial charge in [-0.1, -0.05) is 12.2 Å². The van der Waals surface area contributed by atoms with Crippen LogP contribution in [0.2, 0.25) is 0 Å². The van der Waals surface area contributed by atoms with Crippen LogP contribution in [0.1, 0.15) is 22.3 Å². The Labute approximate surface area is 97.5 Å². The summed E-state index contributed by atoms with van der Waals surface area (Å²) in [6.07, 6.45) is 3.89. The van der Waals surface area contributed by atoms with Crippen molar-refractivity contribution in [1.29, 1.82) is 0 Å². The Morgan fingerprint density at radius 3 is 2.76 bits per heavy atom. The molecule has 6 heteroatoms. The van der Waals surface area contributed by atoms with Crippen molar-refractivity contribution in [3.8, 4) is 0 Å². The maximum atomic E-state index is 10.8. The van der Waals surface area contributed by atoms with Gasteiger partial charge in [-0.15, -0.1) is 0 Å². The molecule has 0 unspecified atom stereocenters. The van der Waals surface area contributed by atoms with Gasteiger partial charge in [0, 0.05) is 6.07 Å². The molecule has 0 aliphatic carbocycles. The Hall–Kier alpha value is -2.21. The van der Waals surface area contributed by atoms with Crippen LogP contribution in [0.5, 0.6) is 0 Å². The number of nitro benzene ring substituents is 1. The van der Waals surface area contributed by atoms with Crippen molar-refractivity contribution < 1.29 is 14.8 Å². The third kappa shape index (κ3) is 3.39. The van der Waals surface area contributed by atoms with Crippen molar-refractivity contribution in [3.63, 3.8) is 0 Å². The van der Waals surface area contributed by atoms with Crippen LogP contribution in [-0.4, -0.2) is 22.5 Å². The molecule has 0 bridgehead atoms. The van der Waals surface area contributed by atoms with Crippen LogP contribution < -0.4 is 5.73 Å². The number of rotatable bonds is 5. The molecule has 0 heterocycles. The predicted molar refractivity (Wildman–Crippen MR) is 62.8 cm³/mol. The zero-order chi connectivity index (χ0) is 12.8. The number of carbonyl (C=O) groups is 1. The molecule has 0 atom stereocenters. The highest BCUT2D eigenvalue weighted by atomic mass is 16.6. The van der Waals surface area contributed by atoms with E-state index in [0.717, 1.165) is 6.07 Å². The standard InChI is InChI=1S/C11H12N2O4/c12-6-2-1-3-8-4-5-9(11(14)15)7-10(8)13(16)17/h1,3-5,7H,2,6,12H2,(H,14,15). The fourth-order valence-corrected chi connectivity index (χ4v) is 1.28. The van der Waals surface area contributed by atoms with E-state index in [-0.39, 0.29) is 11.3 Å². The Kier molecular flexibility index (Phi) is 4.36. The number of carboxylic acid groups (broad SMARTS) is 1. The molecule has 0 saturated carbocycles. The first-order chi connectivity index (χ1) is 8.06. The lowest BCUT2D eigenvalue weighted by Gasteiger charge is -1.99. The molecule has 0 spiro atoms. The average Bonchev–Trinajstić information content (AvgIpc) is 2.29. The largest absolute Gasteiger partial charge is 0.478 e. The van der Waals surface area contributed by atoms with Crippen molar-refractivity contribution in [2.24, 2.45) is 5.73 Å². The predicted octanol–water partition coefficient (Wildman–Crippen LogP) is 1.66. The molecule has 0 aliphatic heterocycles. The number of nitrogens with two attached hydrogens (primary N) is 1. The molecule has 0 aliphatic rings. The normalized spacial score (nSPS) is 10.6. The molecule has 90 valence electrons. The van der Waals surface area contributed by atoms with E-state index in [2.05, 4.69) is 0 Å². The number of hydrogen-bond acceptors (Lipinski definition) is 4. The molecule has 0 fully saturated rings. The van der Waals surface area contributed by atoms with Gasteiger partial charge in [-0.3, -0.25) is 10.1 Å². The Bertz CT molecular complexity index is 469. The van der Waals surface area contributed by atoms with Gasteiger partial charge in [0.1, 0.15) is 0 Å². The van der Waals surface area contributed by atoms with Gasteiger partial charge < -0.3 is 10.8 Å². The Morgan fingerprint density at radius 2 is 2.24 bits per heavy atom. The average molecular weight is 236 g/mol. The molecule has 1 aromatic rings. The maximum absolute atomic E-state index is 10.8. The minimum Gasteiger partial charge on any atom is -0.478 e. The molecule has 6 nitrogen and oxygen atoms in total. The third-order valence-electron chi connectivity index (χ3n) is 2.10. The van der Waals surface area contributed by atoms with Gasteiger partial charge in [0.15, 0.2) is 0 Å². The van der Waals surface area contributed by atoms with Crippen LogP contribution in [0.4, 0.5) is 5.69 Å². The molecule has 0 aromatic heterocycles. The first kappa shape index (κ1) is 12.9. The SMILES string of the molecule is NCCC=Cc1ccc(C(=O)O)cc1[N+](=O)[O-]. The molecule has 3 N–H and O–H groups in total. The molecule has 1 aromatic carbocycles. The third-order valence-corrected chi connectivity index (χ3v) is 2.10. The smallest absolute Gasteiger partial charge is 0.335 e. The lowest BCUT2D eigenvalue weighted by molar-refractivity contribution is -0.385. The minimum atomic E-state index is -1.19. The van der Waals surface area contributed by atoms with E-state index in [1.54, 1.807) is 12.2 Å². The number of nitrogens with zero attached hydrogens (tertiary/aromatic N) is 1. The maximum Gasteiger partial charge on any atom is 0.335 e. The fraction of sp³-hybridized carbons (Fsp3) is 0.182. The van der Waals surface area contributed by atoms with Crippen LogP contribution in [0, 0.1) is 10.1 Å². The van der Waals surface area contributed by atoms with Crippen molar-refractivity contribution in [3.05, 3.63) is 45.5 Å². The summed E-state index contributed by atoms with van der Waals surface area (Å²) in [5.74, 6) is -1.19. The van der Waals surface area contributed by atoms with Gasteiger partial charge in [-0.25, -0.2) is 4.79 Å². The van der Waals surface area contributed by atoms with Gasteiger partial charge in [-0.05, 0) is 25.1 Å². The molecular formula is C11H12N2O4.